The number of hydrogen-bond donors (Lipinski definition) is 1. The van der Waals surface area contributed by atoms with Crippen molar-refractivity contribution in [1.82, 2.24) is 0 Å². The Bertz CT molecular complexity index is 504. The zero-order valence-electron chi connectivity index (χ0n) is 15.0. The van der Waals surface area contributed by atoms with Gasteiger partial charge in [0, 0.05) is 0 Å². The van der Waals surface area contributed by atoms with Gasteiger partial charge in [0.2, 0.25) is 0 Å². The fourth-order valence-corrected chi connectivity index (χ4v) is 7.47. The Labute approximate surface area is 136 Å². The van der Waals surface area contributed by atoms with Crippen LogP contribution in [0.2, 0.25) is 0 Å². The summed E-state index contributed by atoms with van der Waals surface area (Å²) in [7, 11) is 0. The molecule has 3 saturated carbocycles. The number of fused-ring (bicyclic) bond motifs is 5. The van der Waals surface area contributed by atoms with E-state index in [0.717, 1.165) is 24.2 Å². The molecule has 22 heavy (non-hydrogen) atoms. The molecule has 0 amide bonds. The van der Waals surface area contributed by atoms with E-state index in [1.807, 2.05) is 0 Å². The Morgan fingerprint density at radius 2 is 1.73 bits per heavy atom. The van der Waals surface area contributed by atoms with Gasteiger partial charge >= 0.3 is 0 Å². The molecule has 1 N–H and O–H groups in total. The van der Waals surface area contributed by atoms with Crippen molar-refractivity contribution in [3.05, 3.63) is 11.6 Å². The average Bonchev–Trinajstić information content (AvgIpc) is 2.74. The highest BCUT2D eigenvalue weighted by Gasteiger charge is 2.59. The smallest absolute Gasteiger partial charge is 0.0596 e. The summed E-state index contributed by atoms with van der Waals surface area (Å²) in [6.45, 7) is 9.92. The number of rotatable bonds is 0. The van der Waals surface area contributed by atoms with Gasteiger partial charge in [-0.15, -0.1) is 0 Å². The highest BCUT2D eigenvalue weighted by Crippen LogP contribution is 2.66. The molecule has 3 fully saturated rings. The van der Waals surface area contributed by atoms with Crippen molar-refractivity contribution in [2.45, 2.75) is 85.2 Å². The Morgan fingerprint density at radius 1 is 0.955 bits per heavy atom. The van der Waals surface area contributed by atoms with Crippen molar-refractivity contribution in [3.63, 3.8) is 0 Å². The lowest BCUT2D eigenvalue weighted by molar-refractivity contribution is -0.0721. The highest BCUT2D eigenvalue weighted by atomic mass is 16.3. The van der Waals surface area contributed by atoms with Gasteiger partial charge in [-0.2, -0.15) is 0 Å². The molecule has 0 aliphatic heterocycles. The molecular formula is C21H34O. The molecule has 0 heterocycles. The fourth-order valence-electron chi connectivity index (χ4n) is 7.47. The molecule has 6 unspecified atom stereocenters. The van der Waals surface area contributed by atoms with Gasteiger partial charge in [-0.05, 0) is 78.9 Å². The molecule has 1 heteroatoms. The van der Waals surface area contributed by atoms with Gasteiger partial charge in [-0.1, -0.05) is 45.8 Å². The van der Waals surface area contributed by atoms with Crippen molar-refractivity contribution in [2.24, 2.45) is 34.0 Å². The lowest BCUT2D eigenvalue weighted by atomic mass is 9.45. The molecule has 0 radical (unpaired) electrons. The summed E-state index contributed by atoms with van der Waals surface area (Å²) in [6.07, 6.45) is 13.0. The maximum atomic E-state index is 10.5. The third-order valence-electron chi connectivity index (χ3n) is 8.64. The lowest BCUT2D eigenvalue weighted by Gasteiger charge is -2.60. The summed E-state index contributed by atoms with van der Waals surface area (Å²) in [5, 5.41) is 10.5. The van der Waals surface area contributed by atoms with E-state index >= 15 is 0 Å². The molecule has 0 aromatic heterocycles. The highest BCUT2D eigenvalue weighted by molar-refractivity contribution is 5.29. The van der Waals surface area contributed by atoms with Crippen molar-refractivity contribution in [3.8, 4) is 0 Å². The molecular weight excluding hydrogens is 268 g/mol. The summed E-state index contributed by atoms with van der Waals surface area (Å²) in [4.78, 5) is 0. The fraction of sp³-hybridized carbons (Fsp3) is 0.905. The molecule has 4 aliphatic carbocycles. The monoisotopic (exact) mass is 302 g/mol. The minimum atomic E-state index is -0.0422. The standard InChI is InChI=1S/C21H34O/c1-19(2)11-5-12-20(3)16-10-13-21(4)15(7-9-18(21)22)14(16)6-8-17(19)20/h8,14-16,18,22H,5-7,9-13H2,1-4H3. The Hall–Kier alpha value is -0.300. The molecule has 4 rings (SSSR count). The normalized spacial score (nSPS) is 53.2. The molecule has 0 bridgehead atoms. The quantitative estimate of drug-likeness (QED) is 0.599. The number of hydrogen-bond acceptors (Lipinski definition) is 1. The predicted octanol–water partition coefficient (Wildman–Crippen LogP) is 5.34. The van der Waals surface area contributed by atoms with Crippen molar-refractivity contribution in [2.75, 3.05) is 0 Å². The maximum Gasteiger partial charge on any atom is 0.0596 e. The second-order valence-corrected chi connectivity index (χ2v) is 10.0. The van der Waals surface area contributed by atoms with E-state index in [9.17, 15) is 5.11 Å². The third-order valence-corrected chi connectivity index (χ3v) is 8.64. The SMILES string of the molecule is CC1(C)CCCC2(C)C1=CCC1C2CCC2(C)C(O)CCC12. The van der Waals surface area contributed by atoms with Crippen LogP contribution in [0, 0.1) is 34.0 Å². The zero-order chi connectivity index (χ0) is 15.8. The summed E-state index contributed by atoms with van der Waals surface area (Å²) in [5.74, 6) is 2.47. The van der Waals surface area contributed by atoms with Crippen LogP contribution in [0.15, 0.2) is 11.6 Å². The van der Waals surface area contributed by atoms with E-state index in [0.29, 0.717) is 10.8 Å². The maximum absolute atomic E-state index is 10.5. The third kappa shape index (κ3) is 1.81. The van der Waals surface area contributed by atoms with Crippen LogP contribution in [0.5, 0.6) is 0 Å². The van der Waals surface area contributed by atoms with Crippen LogP contribution in [-0.2, 0) is 0 Å². The average molecular weight is 303 g/mol. The first-order chi connectivity index (χ1) is 10.3. The largest absolute Gasteiger partial charge is 0.393 e. The van der Waals surface area contributed by atoms with Crippen LogP contribution in [0.1, 0.15) is 79.1 Å². The topological polar surface area (TPSA) is 20.2 Å². The molecule has 0 saturated heterocycles. The molecule has 0 aromatic carbocycles. The van der Waals surface area contributed by atoms with E-state index in [-0.39, 0.29) is 11.5 Å². The van der Waals surface area contributed by atoms with Crippen LogP contribution in [0.4, 0.5) is 0 Å². The van der Waals surface area contributed by atoms with Crippen molar-refractivity contribution in [1.29, 1.82) is 0 Å². The minimum Gasteiger partial charge on any atom is -0.393 e. The van der Waals surface area contributed by atoms with Crippen molar-refractivity contribution >= 4 is 0 Å². The molecule has 124 valence electrons. The van der Waals surface area contributed by atoms with E-state index in [2.05, 4.69) is 33.8 Å². The summed E-state index contributed by atoms with van der Waals surface area (Å²) in [6, 6.07) is 0. The van der Waals surface area contributed by atoms with Gasteiger partial charge < -0.3 is 5.11 Å². The van der Waals surface area contributed by atoms with Crippen LogP contribution >= 0.6 is 0 Å². The first-order valence-corrected chi connectivity index (χ1v) is 9.68. The summed E-state index contributed by atoms with van der Waals surface area (Å²) < 4.78 is 0. The molecule has 0 aromatic rings. The van der Waals surface area contributed by atoms with Crippen LogP contribution in [0.3, 0.4) is 0 Å². The van der Waals surface area contributed by atoms with E-state index in [4.69, 9.17) is 0 Å². The van der Waals surface area contributed by atoms with E-state index in [1.165, 1.54) is 44.9 Å². The Balaban J connectivity index is 1.73. The second-order valence-electron chi connectivity index (χ2n) is 10.0. The van der Waals surface area contributed by atoms with Gasteiger partial charge in [0.05, 0.1) is 6.10 Å². The van der Waals surface area contributed by atoms with Crippen LogP contribution in [-0.4, -0.2) is 11.2 Å². The van der Waals surface area contributed by atoms with Gasteiger partial charge in [-0.25, -0.2) is 0 Å². The van der Waals surface area contributed by atoms with Crippen LogP contribution in [0.25, 0.3) is 0 Å². The summed E-state index contributed by atoms with van der Waals surface area (Å²) in [5.41, 5.74) is 2.86. The Kier molecular flexibility index (Phi) is 3.20. The van der Waals surface area contributed by atoms with E-state index < -0.39 is 0 Å². The van der Waals surface area contributed by atoms with Gasteiger partial charge in [0.15, 0.2) is 0 Å². The molecule has 1 nitrogen and oxygen atoms in total. The Morgan fingerprint density at radius 3 is 2.50 bits per heavy atom. The lowest BCUT2D eigenvalue weighted by Crippen LogP contribution is -2.52. The van der Waals surface area contributed by atoms with Crippen molar-refractivity contribution < 1.29 is 5.11 Å². The number of aliphatic hydroxyl groups is 1. The number of allylic oxidation sites excluding steroid dienone is 2. The number of aliphatic hydroxyl groups excluding tert-OH is 1. The van der Waals surface area contributed by atoms with Crippen LogP contribution < -0.4 is 0 Å². The second kappa shape index (κ2) is 4.62. The molecule has 0 spiro atoms. The first kappa shape index (κ1) is 15.2. The van der Waals surface area contributed by atoms with E-state index in [1.54, 1.807) is 5.57 Å². The minimum absolute atomic E-state index is 0.0422. The first-order valence-electron chi connectivity index (χ1n) is 9.68. The van der Waals surface area contributed by atoms with Gasteiger partial charge in [-0.3, -0.25) is 0 Å². The van der Waals surface area contributed by atoms with Gasteiger partial charge in [0.25, 0.3) is 0 Å². The molecule has 6 atom stereocenters. The predicted molar refractivity (Wildman–Crippen MR) is 91.5 cm³/mol. The molecule has 4 aliphatic rings. The zero-order valence-corrected chi connectivity index (χ0v) is 15.0. The van der Waals surface area contributed by atoms with Gasteiger partial charge in [0.1, 0.15) is 0 Å². The summed E-state index contributed by atoms with van der Waals surface area (Å²) >= 11 is 0.